The summed E-state index contributed by atoms with van der Waals surface area (Å²) in [6.45, 7) is 85.9. The van der Waals surface area contributed by atoms with Crippen LogP contribution in [0.15, 0.2) is 0 Å². The zero-order valence-corrected chi connectivity index (χ0v) is 104. The summed E-state index contributed by atoms with van der Waals surface area (Å²) >= 11 is 0. The quantitative estimate of drug-likeness (QED) is 0.0201. The molecule has 14 fully saturated rings. The normalized spacial score (nSPS) is 23.6. The van der Waals surface area contributed by atoms with E-state index >= 15 is 0 Å². The number of hydrogen-bond donors (Lipinski definition) is 14. The van der Waals surface area contributed by atoms with Crippen LogP contribution in [0.3, 0.4) is 0 Å². The Bertz CT molecular complexity index is 2650. The molecular weight excluding hydrogens is 1830 g/mol. The van der Waals surface area contributed by atoms with Gasteiger partial charge in [0.15, 0.2) is 0 Å². The Kier molecular flexibility index (Phi) is 103. The zero-order chi connectivity index (χ0) is 110. The molecule has 7 atom stereocenters. The third kappa shape index (κ3) is 84.3. The maximum Gasteiger partial charge on any atom is 0.309 e. The molecule has 0 amide bonds. The van der Waals surface area contributed by atoms with Crippen LogP contribution in [-0.2, 0) is 14.3 Å². The number of unbranched alkanes of at least 4 members (excludes halogenated alkanes) is 8. The van der Waals surface area contributed by atoms with Gasteiger partial charge in [-0.05, 0) is 403 Å². The predicted molar refractivity (Wildman–Crippen MR) is 646 cm³/mol. The second-order valence-electron chi connectivity index (χ2n) is 46.8. The molecule has 0 saturated carbocycles. The van der Waals surface area contributed by atoms with E-state index in [1.165, 1.54) is 396 Å². The minimum atomic E-state index is -0.0563. The van der Waals surface area contributed by atoms with Crippen LogP contribution in [-0.4, -0.2) is 500 Å². The Morgan fingerprint density at radius 1 is 0.442 bits per heavy atom. The molecule has 0 bridgehead atoms. The number of carbonyl (C=O) groups excluding carboxylic acids is 1. The molecule has 147 heavy (non-hydrogen) atoms. The molecule has 14 saturated heterocycles. The monoisotopic (exact) mass is 2090 g/mol. The van der Waals surface area contributed by atoms with E-state index in [0.29, 0.717) is 17.6 Å². The molecule has 29 nitrogen and oxygen atoms in total. The zero-order valence-electron chi connectivity index (χ0n) is 104. The van der Waals surface area contributed by atoms with Crippen molar-refractivity contribution in [3.05, 3.63) is 0 Å². The molecule has 14 heterocycles. The first kappa shape index (κ1) is 147. The van der Waals surface area contributed by atoms with Gasteiger partial charge in [-0.25, -0.2) is 0 Å². The number of likely N-dealkylation sites (N-methyl/N-ethyl adjacent to an activating group) is 4. The minimum absolute atomic E-state index is 0.0563. The fourth-order valence-corrected chi connectivity index (χ4v) is 19.8. The number of ether oxygens (including phenoxy) is 2. The molecule has 14 aliphatic heterocycles. The summed E-state index contributed by atoms with van der Waals surface area (Å²) in [6, 6.07) is 4.73. The van der Waals surface area contributed by atoms with E-state index in [2.05, 4.69) is 262 Å². The first-order valence-electron chi connectivity index (χ1n) is 61.6. The average Bonchev–Trinajstić information content (AvgIpc) is 1.74. The number of nitrogens with one attached hydrogen (secondary N) is 13. The molecule has 14 rings (SSSR count). The van der Waals surface area contributed by atoms with Crippen molar-refractivity contribution in [1.29, 1.82) is 0 Å². The largest absolute Gasteiger partial charge is 0.469 e. The molecule has 0 spiro atoms. The lowest BCUT2D eigenvalue weighted by atomic mass is 9.94. The van der Waals surface area contributed by atoms with Crippen LogP contribution in [0.4, 0.5) is 0 Å². The second kappa shape index (κ2) is 102. The number of methoxy groups -OCH3 is 2. The molecule has 15 N–H and O–H groups in total. The van der Waals surface area contributed by atoms with Crippen LogP contribution in [0.25, 0.3) is 0 Å². The third-order valence-electron chi connectivity index (χ3n) is 30.4. The lowest BCUT2D eigenvalue weighted by Crippen LogP contribution is -2.55. The van der Waals surface area contributed by atoms with Crippen LogP contribution in [0.1, 0.15) is 296 Å². The van der Waals surface area contributed by atoms with Crippen molar-refractivity contribution in [3.63, 3.8) is 0 Å². The topological polar surface area (TPSA) is 257 Å². The highest BCUT2D eigenvalue weighted by Gasteiger charge is 2.32. The Hall–Kier alpha value is -1.61. The summed E-state index contributed by atoms with van der Waals surface area (Å²) in [5.41, 5.74) is 6.31. The number of nitrogens with two attached hydrogens (primary N) is 1. The summed E-state index contributed by atoms with van der Waals surface area (Å²) in [4.78, 5) is 40.5. The van der Waals surface area contributed by atoms with Gasteiger partial charge in [0, 0.05) is 212 Å². The number of rotatable bonds is 41. The number of piperazine rings is 3. The second-order valence-corrected chi connectivity index (χ2v) is 46.8. The molecule has 14 aliphatic rings. The van der Waals surface area contributed by atoms with Crippen molar-refractivity contribution in [1.82, 2.24) is 128 Å². The Morgan fingerprint density at radius 3 is 1.30 bits per heavy atom. The average molecular weight is 2100 g/mol. The van der Waals surface area contributed by atoms with Crippen LogP contribution in [0.5, 0.6) is 0 Å². The van der Waals surface area contributed by atoms with E-state index < -0.39 is 0 Å². The first-order chi connectivity index (χ1) is 70.8. The molecule has 0 radical (unpaired) electrons. The lowest BCUT2D eigenvalue weighted by Gasteiger charge is -2.39. The summed E-state index contributed by atoms with van der Waals surface area (Å²) in [5, 5.41) is 42.1. The number of hydrogen-bond acceptors (Lipinski definition) is 29. The summed E-state index contributed by atoms with van der Waals surface area (Å²) < 4.78 is 9.91. The molecular formula is C118H264N26O3. The molecule has 5 unspecified atom stereocenters. The van der Waals surface area contributed by atoms with Gasteiger partial charge < -0.3 is 128 Å². The molecule has 0 aliphatic carbocycles. The van der Waals surface area contributed by atoms with Crippen molar-refractivity contribution in [3.8, 4) is 0 Å². The fourth-order valence-electron chi connectivity index (χ4n) is 19.8. The van der Waals surface area contributed by atoms with Crippen molar-refractivity contribution >= 4 is 5.97 Å². The van der Waals surface area contributed by atoms with Crippen molar-refractivity contribution < 1.29 is 14.3 Å². The highest BCUT2D eigenvalue weighted by atomic mass is 16.5. The van der Waals surface area contributed by atoms with Crippen LogP contribution < -0.4 is 74.9 Å². The van der Waals surface area contributed by atoms with Crippen molar-refractivity contribution in [2.24, 2.45) is 41.2 Å². The summed E-state index contributed by atoms with van der Waals surface area (Å²) in [5.74, 6) is 4.88. The molecule has 0 aromatic carbocycles. The van der Waals surface area contributed by atoms with Gasteiger partial charge in [0.2, 0.25) is 0 Å². The Morgan fingerprint density at radius 2 is 0.912 bits per heavy atom. The van der Waals surface area contributed by atoms with Crippen LogP contribution in [0.2, 0.25) is 0 Å². The van der Waals surface area contributed by atoms with Gasteiger partial charge in [-0.3, -0.25) is 19.5 Å². The van der Waals surface area contributed by atoms with Crippen molar-refractivity contribution in [2.45, 2.75) is 344 Å². The van der Waals surface area contributed by atoms with Crippen LogP contribution >= 0.6 is 0 Å². The Labute approximate surface area is 915 Å². The number of esters is 1. The molecule has 29 heteroatoms. The van der Waals surface area contributed by atoms with Gasteiger partial charge in [-0.15, -0.1) is 0 Å². The number of carbonyl (C=O) groups is 1. The number of piperidine rings is 3. The fraction of sp³-hybridized carbons (Fsp3) is 0.992. The molecule has 0 aromatic heterocycles. The van der Waals surface area contributed by atoms with Gasteiger partial charge in [-0.2, -0.15) is 0 Å². The molecule has 0 aromatic rings. The lowest BCUT2D eigenvalue weighted by molar-refractivity contribution is -0.147. The van der Waals surface area contributed by atoms with E-state index in [1.54, 1.807) is 7.11 Å². The van der Waals surface area contributed by atoms with E-state index in [-0.39, 0.29) is 11.9 Å². The van der Waals surface area contributed by atoms with E-state index in [1.807, 2.05) is 61.3 Å². The highest BCUT2D eigenvalue weighted by molar-refractivity contribution is 5.72. The van der Waals surface area contributed by atoms with Gasteiger partial charge in [0.05, 0.1) is 19.6 Å². The first-order valence-corrected chi connectivity index (χ1v) is 61.6. The summed E-state index contributed by atoms with van der Waals surface area (Å²) in [7, 11) is 29.7. The van der Waals surface area contributed by atoms with E-state index in [0.717, 1.165) is 145 Å². The molecule has 884 valence electrons. The maximum atomic E-state index is 11.3. The standard InChI is InChI=1S/C11H24N2.C10H20N2O2.C10H22N2O.C10H22N2.2C9H20N2.C9H19N.C8H17N.2C7H16N2.C7H15N.C6H14N2.C5H12N2.C5H11N.C3H9N.C2H7N/c1-4-5-6-12-7-9-13(10-8-12)11(2)3;1-11-5-7-12-6-3-4-9(8-12)10(13)14-2;1-3-4-6-12-7-5-11-10(8-12)9-13-2;1-4-5-6-12-9(2)7-11-8-10(12)3;1-9(2)5-4-7-11(9)8-6-10-3;1-2-3-6-11-7-4-5-9(10)8-11;1-2-3-5-9-6-4-7-10-8-9;1-2-3-6-9-7-4-5-8-9;1-8(2)7-4-5-9(3)6-7;1-2-3-4-9-7-5-8-6-7;1-2-3-4-7-5-8-6-7;1-8(2)5-6-3-7-4-6;1-6-2-5-3-7-4-5;1-2-5-3-6-4-5;1-4(2)3;1-3-2/h11H,4-10H2,1-3H3;9,11H,3-8H2,1-2H3;10-11H,3-9H2,1-2H3;9-11H,4-8H2,1-3H3;10H,4-8H2,1-3H3;9H,2-8,10H2,1H3;9-10H,2-8H2,1H3;2-8H2,1H3;7H,4-6H2,1-3H3;7-9H,2-6H2,1H3;7-8H,2-6H2,1H3;6-7H,3-5H2,1-2H3;5-7H,2-4H2,1H3;5-6H,2-4H2,1H3;1-3H3;3H,1-2H3/t;;10-;;;9-;;;;;;;;;;/m..1..0........../s1. The summed E-state index contributed by atoms with van der Waals surface area (Å²) in [6.07, 6.45) is 40.1. The van der Waals surface area contributed by atoms with Gasteiger partial charge >= 0.3 is 5.97 Å². The van der Waals surface area contributed by atoms with E-state index in [4.69, 9.17) is 15.2 Å². The smallest absolute Gasteiger partial charge is 0.309 e. The van der Waals surface area contributed by atoms with Crippen molar-refractivity contribution in [2.75, 3.05) is 387 Å². The van der Waals surface area contributed by atoms with Gasteiger partial charge in [-0.1, -0.05) is 133 Å². The minimum Gasteiger partial charge on any atom is -0.469 e. The maximum absolute atomic E-state index is 11.3. The van der Waals surface area contributed by atoms with Gasteiger partial charge in [0.25, 0.3) is 0 Å². The third-order valence-corrected chi connectivity index (χ3v) is 30.4. The number of likely N-dealkylation sites (tertiary alicyclic amines) is 5. The SMILES string of the molecule is CCC1CNC1.CCCCC1CCCNC1.CCCCC1CNC1.CCCCN1C(C)CNCC1C.CCCCN1CCCC1.CCCCN1CCC[C@H](N)C1.CCCCN1CCN(C(C)C)CC1.CCCCN1CCN[C@@H](COC)C1.CCCCNC1CNC1.CN(C)C.CN(C)CC1CNC1.CN1CCC(N(C)C)C1.CNC.CNCC1CNC1.CNCCN1CCCC(C(=O)OC)C1.CNCCN1CCCC1(C)C. The highest BCUT2D eigenvalue weighted by Crippen LogP contribution is 2.28. The Balaban J connectivity index is 0. The van der Waals surface area contributed by atoms with Gasteiger partial charge in [0.1, 0.15) is 0 Å². The predicted octanol–water partition coefficient (Wildman–Crippen LogP) is 12.2. The van der Waals surface area contributed by atoms with Crippen LogP contribution in [0, 0.1) is 35.5 Å². The van der Waals surface area contributed by atoms with E-state index in [9.17, 15) is 4.79 Å². The number of nitrogens with zero attached hydrogens (tertiary/aromatic N) is 12.